The molecular formula is C44H66N2P2Ru. The minimum Gasteiger partial charge on any atom is -1.00 e. The summed E-state index contributed by atoms with van der Waals surface area (Å²) in [7, 11) is 0.872. The van der Waals surface area contributed by atoms with Crippen molar-refractivity contribution in [1.82, 2.24) is 0 Å². The van der Waals surface area contributed by atoms with Gasteiger partial charge in [-0.2, -0.15) is 5.26 Å². The van der Waals surface area contributed by atoms with Gasteiger partial charge in [0.05, 0.1) is 11.6 Å². The third-order valence-corrected chi connectivity index (χ3v) is 20.4. The van der Waals surface area contributed by atoms with Gasteiger partial charge < -0.3 is 6.84 Å². The molecule has 270 valence electrons. The molecule has 6 aliphatic carbocycles. The van der Waals surface area contributed by atoms with E-state index in [1.807, 2.05) is 42.5 Å². The van der Waals surface area contributed by atoms with Gasteiger partial charge >= 0.3 is 19.5 Å². The van der Waals surface area contributed by atoms with E-state index in [0.29, 0.717) is 21.4 Å². The third kappa shape index (κ3) is 13.2. The Morgan fingerprint density at radius 3 is 1.04 bits per heavy atom. The molecule has 2 aromatic rings. The monoisotopic (exact) mass is 786 g/mol. The van der Waals surface area contributed by atoms with Gasteiger partial charge in [-0.15, -0.1) is 35.9 Å². The van der Waals surface area contributed by atoms with Gasteiger partial charge in [0, 0.05) is 0 Å². The summed E-state index contributed by atoms with van der Waals surface area (Å²) in [4.78, 5) is 0. The molecule has 2 nitrogen and oxygen atoms in total. The minimum atomic E-state index is 0. The normalized spacial score (nSPS) is 22.1. The van der Waals surface area contributed by atoms with E-state index >= 15 is 0 Å². The second-order valence-electron chi connectivity index (χ2n) is 15.5. The minimum absolute atomic E-state index is 0. The molecule has 0 radical (unpaired) electrons. The van der Waals surface area contributed by atoms with Crippen LogP contribution < -0.4 is 0 Å². The van der Waals surface area contributed by atoms with Crippen LogP contribution in [-0.4, -0.2) is 40.2 Å². The van der Waals surface area contributed by atoms with E-state index in [1.54, 1.807) is 172 Å². The molecule has 6 saturated carbocycles. The average Bonchev–Trinajstić information content (AvgIpc) is 4.00. The third-order valence-electron chi connectivity index (χ3n) is 12.3. The molecular weight excluding hydrogens is 720 g/mol. The van der Waals surface area contributed by atoms with Gasteiger partial charge in [-0.25, -0.2) is 0 Å². The number of nitriles is 1. The first-order chi connectivity index (χ1) is 23.8. The molecule has 0 saturated heterocycles. The Labute approximate surface area is 318 Å². The Hall–Kier alpha value is -0.917. The van der Waals surface area contributed by atoms with Crippen LogP contribution >= 0.6 is 15.8 Å². The number of rotatable bonds is 7. The van der Waals surface area contributed by atoms with Crippen molar-refractivity contribution in [1.29, 1.82) is 10.7 Å². The van der Waals surface area contributed by atoms with Gasteiger partial charge in [-0.3, -0.25) is 0 Å². The molecule has 0 bridgehead atoms. The van der Waals surface area contributed by atoms with Crippen LogP contribution in [0.2, 0.25) is 0 Å². The van der Waals surface area contributed by atoms with Crippen LogP contribution in [0.5, 0.6) is 0 Å². The van der Waals surface area contributed by atoms with Crippen LogP contribution in [0.25, 0.3) is 0 Å². The molecule has 6 aliphatic rings. The van der Waals surface area contributed by atoms with Crippen LogP contribution in [0.3, 0.4) is 0 Å². The zero-order valence-corrected chi connectivity index (χ0v) is 33.9. The zero-order chi connectivity index (χ0) is 33.2. The van der Waals surface area contributed by atoms with E-state index in [2.05, 4.69) is 6.07 Å². The van der Waals surface area contributed by atoms with Crippen molar-refractivity contribution in [3.05, 3.63) is 71.8 Å². The Bertz CT molecular complexity index is 1050. The maximum Gasteiger partial charge on any atom is 2.00 e. The smallest absolute Gasteiger partial charge is 1.00 e. The van der Waals surface area contributed by atoms with Crippen molar-refractivity contribution >= 4 is 22.1 Å². The predicted octanol–water partition coefficient (Wildman–Crippen LogP) is 13.7. The van der Waals surface area contributed by atoms with Crippen LogP contribution in [0.4, 0.5) is 0 Å². The fraction of sp³-hybridized carbons (Fsp3) is 0.682. The molecule has 49 heavy (non-hydrogen) atoms. The summed E-state index contributed by atoms with van der Waals surface area (Å²) >= 11 is 0. The summed E-state index contributed by atoms with van der Waals surface area (Å²) in [6, 6.07) is 21.4. The molecule has 8 rings (SSSR count). The van der Waals surface area contributed by atoms with Crippen molar-refractivity contribution < 1.29 is 20.9 Å². The first kappa shape index (κ1) is 40.8. The van der Waals surface area contributed by atoms with Crippen LogP contribution in [-0.2, 0) is 19.5 Å². The number of benzene rings is 2. The van der Waals surface area contributed by atoms with Crippen LogP contribution in [0.1, 0.15) is 167 Å². The fourth-order valence-electron chi connectivity index (χ4n) is 10.0. The maximum absolute atomic E-state index is 8.29. The van der Waals surface area contributed by atoms with E-state index < -0.39 is 0 Å². The first-order valence-electron chi connectivity index (χ1n) is 20.2. The van der Waals surface area contributed by atoms with Gasteiger partial charge in [0.1, 0.15) is 0 Å². The number of hydrogen-bond acceptors (Lipinski definition) is 2. The summed E-state index contributed by atoms with van der Waals surface area (Å²) in [5, 5.41) is 15.1. The van der Waals surface area contributed by atoms with E-state index in [4.69, 9.17) is 10.7 Å². The van der Waals surface area contributed by atoms with Gasteiger partial charge in [0.2, 0.25) is 0 Å². The second-order valence-corrected chi connectivity index (χ2v) is 21.6. The van der Waals surface area contributed by atoms with Gasteiger partial charge in [0.25, 0.3) is 0 Å². The Kier molecular flexibility index (Phi) is 19.7. The molecule has 0 aromatic heterocycles. The number of nitrogens with zero attached hydrogens (tertiary/aromatic N) is 1. The molecule has 0 amide bonds. The summed E-state index contributed by atoms with van der Waals surface area (Å²) in [6.07, 6.45) is 39.3. The van der Waals surface area contributed by atoms with E-state index in [0.717, 1.165) is 5.56 Å². The number of hydrogen-bond donors (Lipinski definition) is 1. The summed E-state index contributed by atoms with van der Waals surface area (Å²) in [5.41, 5.74) is 8.80. The fourth-order valence-corrected chi connectivity index (χ4v) is 19.4. The summed E-state index contributed by atoms with van der Waals surface area (Å²) < 4.78 is 0. The Morgan fingerprint density at radius 2 is 0.837 bits per heavy atom. The molecule has 0 aliphatic heterocycles. The zero-order valence-electron chi connectivity index (χ0n) is 31.4. The molecule has 5 heteroatoms. The molecule has 0 heterocycles. The van der Waals surface area contributed by atoms with E-state index in [1.165, 1.54) is 40.2 Å². The molecule has 1 N–H and O–H groups in total. The average molecular weight is 786 g/mol. The van der Waals surface area contributed by atoms with Crippen LogP contribution in [0, 0.1) is 22.8 Å². The summed E-state index contributed by atoms with van der Waals surface area (Å²) in [5.74, 6) is 0. The molecule has 0 spiro atoms. The van der Waals surface area contributed by atoms with Crippen molar-refractivity contribution in [2.75, 3.05) is 0 Å². The quantitative estimate of drug-likeness (QED) is 0.129. The SMILES string of the molecule is C1CCC(P(C2CCCC2)C2CCCC2)C1.C1CCC(P(C2CCCC2)C2CCCC2)C1.N#Cc1ccccc1.N=Cc1[c-]cccc1.[H-].[Ru+2]. The second kappa shape index (κ2) is 23.6. The molecule has 6 fully saturated rings. The van der Waals surface area contributed by atoms with E-state index in [9.17, 15) is 0 Å². The van der Waals surface area contributed by atoms with Crippen molar-refractivity contribution in [2.45, 2.75) is 188 Å². The van der Waals surface area contributed by atoms with Gasteiger partial charge in [-0.1, -0.05) is 117 Å². The molecule has 2 aromatic carbocycles. The Morgan fingerprint density at radius 1 is 0.531 bits per heavy atom. The van der Waals surface area contributed by atoms with Gasteiger partial charge in [-0.05, 0) is 123 Å². The standard InChI is InChI=1S/2C15H27P.C7H6N.C7H5N.Ru.H/c2*1-2-8-13(7-1)16(14-9-3-4-10-14)15-11-5-6-12-15;2*8-6-7-4-2-1-3-5-7;;/h2*13-15H,1-12H2;1-4,6,8H;1-5H;;/q;;-1;;+2;-1. The van der Waals surface area contributed by atoms with E-state index in [-0.39, 0.29) is 20.9 Å². The summed E-state index contributed by atoms with van der Waals surface area (Å²) in [6.45, 7) is 0. The van der Waals surface area contributed by atoms with Crippen LogP contribution in [0.15, 0.2) is 54.6 Å². The largest absolute Gasteiger partial charge is 2.00 e. The Balaban J connectivity index is 0.000000187. The topological polar surface area (TPSA) is 47.6 Å². The van der Waals surface area contributed by atoms with Crippen molar-refractivity contribution in [2.24, 2.45) is 0 Å². The molecule has 0 atom stereocenters. The first-order valence-corrected chi connectivity index (χ1v) is 23.3. The number of nitrogens with one attached hydrogen (secondary N) is 1. The maximum atomic E-state index is 8.29. The van der Waals surface area contributed by atoms with Gasteiger partial charge in [0.15, 0.2) is 0 Å². The van der Waals surface area contributed by atoms with Crippen molar-refractivity contribution in [3.63, 3.8) is 0 Å². The predicted molar refractivity (Wildman–Crippen MR) is 213 cm³/mol. The van der Waals surface area contributed by atoms with Crippen molar-refractivity contribution in [3.8, 4) is 6.07 Å². The molecule has 0 unspecified atom stereocenters.